The summed E-state index contributed by atoms with van der Waals surface area (Å²) in [5.41, 5.74) is 1.95. The predicted octanol–water partition coefficient (Wildman–Crippen LogP) is 4.14. The highest BCUT2D eigenvalue weighted by atomic mass is 35.5. The number of amides is 2. The molecule has 144 valence electrons. The van der Waals surface area contributed by atoms with E-state index in [-0.39, 0.29) is 6.03 Å². The summed E-state index contributed by atoms with van der Waals surface area (Å²) < 4.78 is 4.49. The van der Waals surface area contributed by atoms with Crippen molar-refractivity contribution >= 4 is 40.0 Å². The lowest BCUT2D eigenvalue weighted by molar-refractivity contribution is 0.208. The number of carbonyl (C=O) groups excluding carboxylic acids is 1. The number of anilines is 2. The lowest BCUT2D eigenvalue weighted by Crippen LogP contribution is -2.50. The van der Waals surface area contributed by atoms with Gasteiger partial charge in [0.25, 0.3) is 0 Å². The van der Waals surface area contributed by atoms with Crippen molar-refractivity contribution in [1.82, 2.24) is 14.3 Å². The molecule has 0 bridgehead atoms. The van der Waals surface area contributed by atoms with E-state index < -0.39 is 0 Å². The Morgan fingerprint density at radius 1 is 1.04 bits per heavy atom. The van der Waals surface area contributed by atoms with Crippen LogP contribution in [0.2, 0.25) is 5.02 Å². The van der Waals surface area contributed by atoms with Gasteiger partial charge in [-0.2, -0.15) is 4.37 Å². The lowest BCUT2D eigenvalue weighted by atomic mass is 10.1. The Hall–Kier alpha value is -2.64. The van der Waals surface area contributed by atoms with Crippen molar-refractivity contribution in [3.63, 3.8) is 0 Å². The molecule has 2 aromatic carbocycles. The van der Waals surface area contributed by atoms with E-state index in [2.05, 4.69) is 31.7 Å². The zero-order valence-corrected chi connectivity index (χ0v) is 16.8. The van der Waals surface area contributed by atoms with Crippen LogP contribution in [-0.4, -0.2) is 46.5 Å². The molecule has 1 saturated heterocycles. The van der Waals surface area contributed by atoms with Crippen LogP contribution in [0.4, 0.5) is 15.6 Å². The quantitative estimate of drug-likeness (QED) is 0.698. The molecule has 8 heteroatoms. The van der Waals surface area contributed by atoms with Gasteiger partial charge in [0.15, 0.2) is 0 Å². The van der Waals surface area contributed by atoms with Gasteiger partial charge in [0.1, 0.15) is 5.82 Å². The molecular weight excluding hydrogens is 394 g/mol. The Balaban J connectivity index is 1.30. The van der Waals surface area contributed by atoms with Gasteiger partial charge in [0.2, 0.25) is 5.13 Å². The monoisotopic (exact) mass is 413 g/mol. The molecule has 0 atom stereocenters. The van der Waals surface area contributed by atoms with E-state index in [1.807, 2.05) is 23.1 Å². The fraction of sp³-hybridized carbons (Fsp3) is 0.250. The summed E-state index contributed by atoms with van der Waals surface area (Å²) in [4.78, 5) is 21.1. The zero-order chi connectivity index (χ0) is 19.3. The Morgan fingerprint density at radius 2 is 1.75 bits per heavy atom. The van der Waals surface area contributed by atoms with E-state index in [9.17, 15) is 4.79 Å². The number of urea groups is 1. The van der Waals surface area contributed by atoms with Crippen molar-refractivity contribution < 1.29 is 4.79 Å². The zero-order valence-electron chi connectivity index (χ0n) is 15.2. The lowest BCUT2D eigenvalue weighted by Gasteiger charge is -2.34. The number of nitrogens with zero attached hydrogens (tertiary/aromatic N) is 4. The minimum Gasteiger partial charge on any atom is -0.343 e. The van der Waals surface area contributed by atoms with E-state index in [1.54, 1.807) is 24.3 Å². The third-order valence-corrected chi connectivity index (χ3v) is 5.66. The van der Waals surface area contributed by atoms with E-state index in [4.69, 9.17) is 11.6 Å². The van der Waals surface area contributed by atoms with Crippen molar-refractivity contribution in [2.75, 3.05) is 36.4 Å². The van der Waals surface area contributed by atoms with Crippen LogP contribution in [0, 0.1) is 0 Å². The molecule has 2 amide bonds. The second-order valence-corrected chi connectivity index (χ2v) is 7.73. The molecule has 1 aromatic heterocycles. The maximum absolute atomic E-state index is 12.4. The fourth-order valence-electron chi connectivity index (χ4n) is 3.06. The van der Waals surface area contributed by atoms with Crippen molar-refractivity contribution in [3.05, 3.63) is 71.0 Å². The average Bonchev–Trinajstić information content (AvgIpc) is 3.19. The van der Waals surface area contributed by atoms with Gasteiger partial charge in [-0.1, -0.05) is 41.9 Å². The van der Waals surface area contributed by atoms with Gasteiger partial charge in [-0.25, -0.2) is 9.78 Å². The van der Waals surface area contributed by atoms with E-state index in [0.717, 1.165) is 36.2 Å². The van der Waals surface area contributed by atoms with Crippen LogP contribution in [0.3, 0.4) is 0 Å². The molecule has 0 unspecified atom stereocenters. The first kappa shape index (κ1) is 18.7. The number of hydrogen-bond acceptors (Lipinski definition) is 5. The summed E-state index contributed by atoms with van der Waals surface area (Å²) in [6.45, 7) is 2.78. The molecule has 1 N–H and O–H groups in total. The van der Waals surface area contributed by atoms with E-state index in [1.165, 1.54) is 17.1 Å². The number of nitrogens with one attached hydrogen (secondary N) is 1. The topological polar surface area (TPSA) is 61.4 Å². The number of piperazine rings is 1. The summed E-state index contributed by atoms with van der Waals surface area (Å²) in [7, 11) is 0. The SMILES string of the molecule is O=C(Nc1ccc(Cl)cc1)N1CCN(c2nc(Cc3ccccc3)ns2)CC1. The molecular formula is C20H20ClN5OS. The van der Waals surface area contributed by atoms with Gasteiger partial charge < -0.3 is 15.1 Å². The Bertz CT molecular complexity index is 923. The number of halogens is 1. The molecule has 4 rings (SSSR count). The molecule has 1 fully saturated rings. The Morgan fingerprint density at radius 3 is 2.46 bits per heavy atom. The maximum Gasteiger partial charge on any atom is 0.321 e. The van der Waals surface area contributed by atoms with Crippen molar-refractivity contribution in [3.8, 4) is 0 Å². The second kappa shape index (κ2) is 8.58. The molecule has 28 heavy (non-hydrogen) atoms. The summed E-state index contributed by atoms with van der Waals surface area (Å²) in [5.74, 6) is 0.842. The van der Waals surface area contributed by atoms with Crippen LogP contribution in [-0.2, 0) is 6.42 Å². The number of benzene rings is 2. The largest absolute Gasteiger partial charge is 0.343 e. The third-order valence-electron chi connectivity index (χ3n) is 4.60. The van der Waals surface area contributed by atoms with Crippen molar-refractivity contribution in [2.45, 2.75) is 6.42 Å². The molecule has 1 aliphatic heterocycles. The highest BCUT2D eigenvalue weighted by Crippen LogP contribution is 2.21. The van der Waals surface area contributed by atoms with Gasteiger partial charge in [-0.15, -0.1) is 0 Å². The van der Waals surface area contributed by atoms with Crippen LogP contribution in [0.25, 0.3) is 0 Å². The predicted molar refractivity (Wildman–Crippen MR) is 113 cm³/mol. The molecule has 6 nitrogen and oxygen atoms in total. The van der Waals surface area contributed by atoms with Crippen LogP contribution >= 0.6 is 23.1 Å². The van der Waals surface area contributed by atoms with Gasteiger partial charge >= 0.3 is 6.03 Å². The molecule has 2 heterocycles. The average molecular weight is 414 g/mol. The minimum absolute atomic E-state index is 0.0935. The first-order chi connectivity index (χ1) is 13.7. The number of carbonyl (C=O) groups is 1. The minimum atomic E-state index is -0.0935. The summed E-state index contributed by atoms with van der Waals surface area (Å²) >= 11 is 7.30. The molecule has 0 aliphatic carbocycles. The van der Waals surface area contributed by atoms with Crippen LogP contribution in [0.15, 0.2) is 54.6 Å². The molecule has 0 radical (unpaired) electrons. The molecule has 0 spiro atoms. The first-order valence-electron chi connectivity index (χ1n) is 9.10. The number of aromatic nitrogens is 2. The van der Waals surface area contributed by atoms with Crippen LogP contribution < -0.4 is 10.2 Å². The van der Waals surface area contributed by atoms with Crippen molar-refractivity contribution in [1.29, 1.82) is 0 Å². The van der Waals surface area contributed by atoms with E-state index in [0.29, 0.717) is 18.1 Å². The second-order valence-electron chi connectivity index (χ2n) is 6.57. The Labute approximate surface area is 172 Å². The summed E-state index contributed by atoms with van der Waals surface area (Å²) in [6.07, 6.45) is 0.737. The smallest absolute Gasteiger partial charge is 0.321 e. The maximum atomic E-state index is 12.4. The standard InChI is InChI=1S/C20H20ClN5OS/c21-16-6-8-17(9-7-16)22-19(27)25-10-12-26(13-11-25)20-23-18(24-28-20)14-15-4-2-1-3-5-15/h1-9H,10-14H2,(H,22,27). The van der Waals surface area contributed by atoms with Crippen molar-refractivity contribution in [2.24, 2.45) is 0 Å². The first-order valence-corrected chi connectivity index (χ1v) is 10.3. The summed E-state index contributed by atoms with van der Waals surface area (Å²) in [6, 6.07) is 17.2. The normalized spacial score (nSPS) is 14.2. The van der Waals surface area contributed by atoms with Gasteiger partial charge in [0.05, 0.1) is 0 Å². The van der Waals surface area contributed by atoms with E-state index >= 15 is 0 Å². The van der Waals surface area contributed by atoms with Gasteiger partial charge in [-0.05, 0) is 29.8 Å². The molecule has 0 saturated carbocycles. The third kappa shape index (κ3) is 4.61. The highest BCUT2D eigenvalue weighted by Gasteiger charge is 2.23. The molecule has 3 aromatic rings. The Kier molecular flexibility index (Phi) is 5.73. The number of hydrogen-bond donors (Lipinski definition) is 1. The number of rotatable bonds is 4. The fourth-order valence-corrected chi connectivity index (χ4v) is 3.92. The molecule has 1 aliphatic rings. The van der Waals surface area contributed by atoms with Gasteiger partial charge in [0, 0.05) is 54.8 Å². The van der Waals surface area contributed by atoms with Gasteiger partial charge in [-0.3, -0.25) is 0 Å². The van der Waals surface area contributed by atoms with Crippen LogP contribution in [0.5, 0.6) is 0 Å². The summed E-state index contributed by atoms with van der Waals surface area (Å²) in [5, 5.41) is 4.48. The van der Waals surface area contributed by atoms with Crippen LogP contribution in [0.1, 0.15) is 11.4 Å². The highest BCUT2D eigenvalue weighted by molar-refractivity contribution is 7.09.